The van der Waals surface area contributed by atoms with Crippen molar-refractivity contribution in [3.8, 4) is 0 Å². The van der Waals surface area contributed by atoms with Crippen molar-refractivity contribution >= 4 is 11.6 Å². The van der Waals surface area contributed by atoms with Crippen LogP contribution >= 0.6 is 0 Å². The Morgan fingerprint density at radius 3 is 2.45 bits per heavy atom. The molecule has 2 saturated heterocycles. The Morgan fingerprint density at radius 2 is 1.80 bits per heavy atom. The van der Waals surface area contributed by atoms with E-state index in [1.54, 1.807) is 0 Å². The standard InChI is InChI=1S/C16H23N3O/c1-2-19-15(8-9-16(19)20)18-12-10-17(11-13-18)14-6-4-3-5-7-14/h3-7,15H,2,8-13H2,1H3. The normalized spacial score (nSPS) is 24.4. The predicted octanol–water partition coefficient (Wildman–Crippen LogP) is 1.78. The second-order valence-corrected chi connectivity index (χ2v) is 5.56. The molecule has 0 aromatic heterocycles. The molecule has 4 heteroatoms. The summed E-state index contributed by atoms with van der Waals surface area (Å²) in [6.45, 7) is 7.10. The van der Waals surface area contributed by atoms with Crippen LogP contribution in [0.5, 0.6) is 0 Å². The van der Waals surface area contributed by atoms with Crippen molar-refractivity contribution in [2.45, 2.75) is 25.9 Å². The molecular weight excluding hydrogens is 250 g/mol. The third-order valence-electron chi connectivity index (χ3n) is 4.49. The number of carbonyl (C=O) groups excluding carboxylic acids is 1. The van der Waals surface area contributed by atoms with E-state index in [9.17, 15) is 4.79 Å². The first kappa shape index (κ1) is 13.4. The highest BCUT2D eigenvalue weighted by molar-refractivity contribution is 5.78. The molecule has 3 rings (SSSR count). The third-order valence-corrected chi connectivity index (χ3v) is 4.49. The molecule has 0 bridgehead atoms. The van der Waals surface area contributed by atoms with Gasteiger partial charge in [-0.3, -0.25) is 9.69 Å². The smallest absolute Gasteiger partial charge is 0.223 e. The molecule has 20 heavy (non-hydrogen) atoms. The first-order chi connectivity index (χ1) is 9.79. The van der Waals surface area contributed by atoms with Crippen molar-refractivity contribution in [3.63, 3.8) is 0 Å². The van der Waals surface area contributed by atoms with Crippen molar-refractivity contribution in [2.24, 2.45) is 0 Å². The van der Waals surface area contributed by atoms with Crippen molar-refractivity contribution in [1.29, 1.82) is 0 Å². The Morgan fingerprint density at radius 1 is 1.10 bits per heavy atom. The summed E-state index contributed by atoms with van der Waals surface area (Å²) in [5, 5.41) is 0. The van der Waals surface area contributed by atoms with Crippen molar-refractivity contribution in [3.05, 3.63) is 30.3 Å². The third kappa shape index (κ3) is 2.52. The average Bonchev–Trinajstić information content (AvgIpc) is 2.89. The minimum absolute atomic E-state index is 0.322. The van der Waals surface area contributed by atoms with Crippen LogP contribution in [0.3, 0.4) is 0 Å². The first-order valence-electron chi connectivity index (χ1n) is 7.63. The Bertz CT molecular complexity index is 454. The average molecular weight is 273 g/mol. The van der Waals surface area contributed by atoms with Gasteiger partial charge in [0.05, 0.1) is 6.17 Å². The summed E-state index contributed by atoms with van der Waals surface area (Å²) in [4.78, 5) is 18.8. The molecule has 0 aliphatic carbocycles. The summed E-state index contributed by atoms with van der Waals surface area (Å²) >= 11 is 0. The van der Waals surface area contributed by atoms with E-state index in [2.05, 4.69) is 47.1 Å². The van der Waals surface area contributed by atoms with Crippen molar-refractivity contribution in [2.75, 3.05) is 37.6 Å². The maximum Gasteiger partial charge on any atom is 0.223 e. The van der Waals surface area contributed by atoms with Crippen molar-refractivity contribution < 1.29 is 4.79 Å². The van der Waals surface area contributed by atoms with Gasteiger partial charge in [-0.25, -0.2) is 0 Å². The van der Waals surface area contributed by atoms with Crippen LogP contribution < -0.4 is 4.90 Å². The maximum atomic E-state index is 11.8. The largest absolute Gasteiger partial charge is 0.369 e. The molecule has 2 heterocycles. The molecule has 0 saturated carbocycles. The minimum Gasteiger partial charge on any atom is -0.369 e. The van der Waals surface area contributed by atoms with Gasteiger partial charge in [0.1, 0.15) is 0 Å². The van der Waals surface area contributed by atoms with E-state index in [4.69, 9.17) is 0 Å². The Kier molecular flexibility index (Phi) is 3.92. The summed E-state index contributed by atoms with van der Waals surface area (Å²) < 4.78 is 0. The number of carbonyl (C=O) groups is 1. The molecule has 1 amide bonds. The lowest BCUT2D eigenvalue weighted by Gasteiger charge is -2.41. The van der Waals surface area contributed by atoms with E-state index in [1.807, 2.05) is 4.90 Å². The molecule has 0 radical (unpaired) electrons. The molecule has 1 atom stereocenters. The van der Waals surface area contributed by atoms with E-state index in [0.717, 1.165) is 45.6 Å². The van der Waals surface area contributed by atoms with Gasteiger partial charge in [-0.05, 0) is 25.5 Å². The molecule has 108 valence electrons. The lowest BCUT2D eigenvalue weighted by Crippen LogP contribution is -2.54. The number of para-hydroxylation sites is 1. The summed E-state index contributed by atoms with van der Waals surface area (Å²) in [7, 11) is 0. The zero-order valence-corrected chi connectivity index (χ0v) is 12.2. The molecule has 1 unspecified atom stereocenters. The SMILES string of the molecule is CCN1C(=O)CCC1N1CCN(c2ccccc2)CC1. The second kappa shape index (κ2) is 5.83. The van der Waals surface area contributed by atoms with Crippen LogP contribution in [0.1, 0.15) is 19.8 Å². The number of rotatable bonds is 3. The van der Waals surface area contributed by atoms with E-state index in [0.29, 0.717) is 12.1 Å². The number of hydrogen-bond donors (Lipinski definition) is 0. The molecule has 1 aromatic rings. The van der Waals surface area contributed by atoms with Gasteiger partial charge >= 0.3 is 0 Å². The Labute approximate surface area is 121 Å². The summed E-state index contributed by atoms with van der Waals surface area (Å²) in [5.41, 5.74) is 1.31. The quantitative estimate of drug-likeness (QED) is 0.840. The molecule has 2 aliphatic heterocycles. The van der Waals surface area contributed by atoms with Crippen molar-refractivity contribution in [1.82, 2.24) is 9.80 Å². The number of anilines is 1. The van der Waals surface area contributed by atoms with Crippen LogP contribution in [0.2, 0.25) is 0 Å². The van der Waals surface area contributed by atoms with Gasteiger partial charge in [-0.1, -0.05) is 18.2 Å². The number of nitrogens with zero attached hydrogens (tertiary/aromatic N) is 3. The fourth-order valence-electron chi connectivity index (χ4n) is 3.40. The minimum atomic E-state index is 0.322. The monoisotopic (exact) mass is 273 g/mol. The van der Waals surface area contributed by atoms with Gasteiger partial charge in [-0.15, -0.1) is 0 Å². The molecule has 0 spiro atoms. The Balaban J connectivity index is 1.60. The molecule has 2 fully saturated rings. The lowest BCUT2D eigenvalue weighted by atomic mass is 10.2. The number of piperazine rings is 1. The number of benzene rings is 1. The zero-order chi connectivity index (χ0) is 13.9. The highest BCUT2D eigenvalue weighted by Gasteiger charge is 2.35. The van der Waals surface area contributed by atoms with E-state index < -0.39 is 0 Å². The van der Waals surface area contributed by atoms with E-state index in [1.165, 1.54) is 5.69 Å². The molecule has 0 N–H and O–H groups in total. The molecule has 1 aromatic carbocycles. The van der Waals surface area contributed by atoms with E-state index in [-0.39, 0.29) is 0 Å². The fourth-order valence-corrected chi connectivity index (χ4v) is 3.40. The van der Waals surface area contributed by atoms with Crippen LogP contribution in [0, 0.1) is 0 Å². The molecule has 2 aliphatic rings. The Hall–Kier alpha value is -1.55. The van der Waals surface area contributed by atoms with Gasteiger partial charge in [0, 0.05) is 44.8 Å². The fraction of sp³-hybridized carbons (Fsp3) is 0.562. The van der Waals surface area contributed by atoms with Crippen LogP contribution in [0.4, 0.5) is 5.69 Å². The predicted molar refractivity (Wildman–Crippen MR) is 80.6 cm³/mol. The van der Waals surface area contributed by atoms with Gasteiger partial charge < -0.3 is 9.80 Å². The maximum absolute atomic E-state index is 11.8. The van der Waals surface area contributed by atoms with Crippen LogP contribution in [0.15, 0.2) is 30.3 Å². The number of likely N-dealkylation sites (tertiary alicyclic amines) is 1. The first-order valence-corrected chi connectivity index (χ1v) is 7.63. The van der Waals surface area contributed by atoms with Crippen LogP contribution in [-0.4, -0.2) is 54.6 Å². The summed E-state index contributed by atoms with van der Waals surface area (Å²) in [5.74, 6) is 0.322. The van der Waals surface area contributed by atoms with Crippen LogP contribution in [0.25, 0.3) is 0 Å². The lowest BCUT2D eigenvalue weighted by molar-refractivity contribution is -0.131. The molecule has 4 nitrogen and oxygen atoms in total. The number of hydrogen-bond acceptors (Lipinski definition) is 3. The van der Waals surface area contributed by atoms with E-state index >= 15 is 0 Å². The second-order valence-electron chi connectivity index (χ2n) is 5.56. The topological polar surface area (TPSA) is 26.8 Å². The van der Waals surface area contributed by atoms with Crippen LogP contribution in [-0.2, 0) is 4.79 Å². The van der Waals surface area contributed by atoms with Gasteiger partial charge in [0.2, 0.25) is 5.91 Å². The molecular formula is C16H23N3O. The highest BCUT2D eigenvalue weighted by atomic mass is 16.2. The highest BCUT2D eigenvalue weighted by Crippen LogP contribution is 2.24. The number of amides is 1. The van der Waals surface area contributed by atoms with Gasteiger partial charge in [0.25, 0.3) is 0 Å². The zero-order valence-electron chi connectivity index (χ0n) is 12.2. The van der Waals surface area contributed by atoms with Gasteiger partial charge in [0.15, 0.2) is 0 Å². The summed E-state index contributed by atoms with van der Waals surface area (Å²) in [6.07, 6.45) is 2.06. The van der Waals surface area contributed by atoms with Gasteiger partial charge in [-0.2, -0.15) is 0 Å². The summed E-state index contributed by atoms with van der Waals surface area (Å²) in [6, 6.07) is 10.6.